The number of rotatable bonds is 2. The molecule has 1 saturated heterocycles. The zero-order valence-electron chi connectivity index (χ0n) is 8.33. The van der Waals surface area contributed by atoms with E-state index < -0.39 is 0 Å². The van der Waals surface area contributed by atoms with Gasteiger partial charge in [0.05, 0.1) is 12.2 Å². The molecule has 0 aromatic carbocycles. The van der Waals surface area contributed by atoms with Crippen molar-refractivity contribution in [3.05, 3.63) is 12.5 Å². The molecule has 1 fully saturated rings. The predicted octanol–water partition coefficient (Wildman–Crippen LogP) is -0.782. The van der Waals surface area contributed by atoms with E-state index in [2.05, 4.69) is 25.7 Å². The SMILES string of the molecule is Cn1ncnc1-c1cn(C2CNC2)nn1. The van der Waals surface area contributed by atoms with Crippen molar-refractivity contribution in [1.29, 1.82) is 0 Å². The van der Waals surface area contributed by atoms with Crippen molar-refractivity contribution in [2.45, 2.75) is 6.04 Å². The van der Waals surface area contributed by atoms with Crippen molar-refractivity contribution in [2.24, 2.45) is 7.05 Å². The molecule has 2 aromatic rings. The van der Waals surface area contributed by atoms with Gasteiger partial charge < -0.3 is 5.32 Å². The number of hydrogen-bond acceptors (Lipinski definition) is 5. The maximum atomic E-state index is 4.12. The maximum Gasteiger partial charge on any atom is 0.180 e. The monoisotopic (exact) mass is 205 g/mol. The van der Waals surface area contributed by atoms with E-state index in [1.807, 2.05) is 17.9 Å². The minimum Gasteiger partial charge on any atom is -0.312 e. The fourth-order valence-corrected chi connectivity index (χ4v) is 1.55. The first kappa shape index (κ1) is 8.54. The molecule has 0 aliphatic carbocycles. The van der Waals surface area contributed by atoms with E-state index in [9.17, 15) is 0 Å². The lowest BCUT2D eigenvalue weighted by atomic mass is 10.2. The van der Waals surface area contributed by atoms with Gasteiger partial charge in [0.25, 0.3) is 0 Å². The van der Waals surface area contributed by atoms with Gasteiger partial charge in [-0.05, 0) is 0 Å². The quantitative estimate of drug-likeness (QED) is 0.696. The molecule has 1 N–H and O–H groups in total. The van der Waals surface area contributed by atoms with Crippen molar-refractivity contribution in [1.82, 2.24) is 35.1 Å². The van der Waals surface area contributed by atoms with Gasteiger partial charge in [-0.25, -0.2) is 14.3 Å². The lowest BCUT2D eigenvalue weighted by Gasteiger charge is -2.26. The Labute approximate surface area is 86.1 Å². The Balaban J connectivity index is 1.93. The Morgan fingerprint density at radius 1 is 1.47 bits per heavy atom. The van der Waals surface area contributed by atoms with Crippen LogP contribution in [0.3, 0.4) is 0 Å². The van der Waals surface area contributed by atoms with Gasteiger partial charge in [-0.3, -0.25) is 0 Å². The molecule has 78 valence electrons. The minimum absolute atomic E-state index is 0.430. The second-order valence-corrected chi connectivity index (χ2v) is 3.60. The zero-order valence-corrected chi connectivity index (χ0v) is 8.33. The molecule has 0 saturated carbocycles. The van der Waals surface area contributed by atoms with Gasteiger partial charge in [0, 0.05) is 20.1 Å². The van der Waals surface area contributed by atoms with E-state index >= 15 is 0 Å². The molecule has 0 spiro atoms. The molecule has 7 nitrogen and oxygen atoms in total. The van der Waals surface area contributed by atoms with E-state index in [1.54, 1.807) is 4.68 Å². The zero-order chi connectivity index (χ0) is 10.3. The lowest BCUT2D eigenvalue weighted by Crippen LogP contribution is -2.43. The fourth-order valence-electron chi connectivity index (χ4n) is 1.55. The van der Waals surface area contributed by atoms with Crippen LogP contribution in [0.15, 0.2) is 12.5 Å². The molecule has 0 bridgehead atoms. The van der Waals surface area contributed by atoms with Crippen LogP contribution in [0.25, 0.3) is 11.5 Å². The van der Waals surface area contributed by atoms with Gasteiger partial charge in [-0.2, -0.15) is 5.10 Å². The Morgan fingerprint density at radius 3 is 2.93 bits per heavy atom. The summed E-state index contributed by atoms with van der Waals surface area (Å²) in [5, 5.41) is 15.4. The van der Waals surface area contributed by atoms with Crippen LogP contribution < -0.4 is 5.32 Å². The highest BCUT2D eigenvalue weighted by molar-refractivity contribution is 5.46. The van der Waals surface area contributed by atoms with Gasteiger partial charge in [-0.1, -0.05) is 5.21 Å². The first-order valence-corrected chi connectivity index (χ1v) is 4.81. The number of aryl methyl sites for hydroxylation is 1. The summed E-state index contributed by atoms with van der Waals surface area (Å²) in [4.78, 5) is 4.12. The molecule has 0 amide bonds. The molecule has 15 heavy (non-hydrogen) atoms. The summed E-state index contributed by atoms with van der Waals surface area (Å²) in [5.74, 6) is 0.744. The Hall–Kier alpha value is -1.76. The molecule has 0 radical (unpaired) electrons. The van der Waals surface area contributed by atoms with E-state index in [0.29, 0.717) is 6.04 Å². The number of aromatic nitrogens is 6. The highest BCUT2D eigenvalue weighted by Gasteiger charge is 2.21. The number of hydrogen-bond donors (Lipinski definition) is 1. The predicted molar refractivity (Wildman–Crippen MR) is 51.9 cm³/mol. The lowest BCUT2D eigenvalue weighted by molar-refractivity contribution is 0.313. The third-order valence-electron chi connectivity index (χ3n) is 2.58. The molecular weight excluding hydrogens is 194 g/mol. The van der Waals surface area contributed by atoms with Crippen molar-refractivity contribution in [3.63, 3.8) is 0 Å². The molecule has 1 aliphatic rings. The molecule has 0 atom stereocenters. The normalized spacial score (nSPS) is 16.6. The molecule has 2 aromatic heterocycles. The first-order valence-electron chi connectivity index (χ1n) is 4.81. The Morgan fingerprint density at radius 2 is 2.33 bits per heavy atom. The standard InChI is InChI=1S/C8H11N7/c1-14-8(10-5-11-14)7-4-15(13-12-7)6-2-9-3-6/h4-6,9H,2-3H2,1H3. The summed E-state index contributed by atoms with van der Waals surface area (Å²) in [6.07, 6.45) is 3.43. The topological polar surface area (TPSA) is 73.5 Å². The van der Waals surface area contributed by atoms with Crippen LogP contribution in [-0.4, -0.2) is 42.8 Å². The average Bonchev–Trinajstić information content (AvgIpc) is 2.70. The molecule has 1 aliphatic heterocycles. The van der Waals surface area contributed by atoms with Crippen molar-refractivity contribution in [3.8, 4) is 11.5 Å². The van der Waals surface area contributed by atoms with Gasteiger partial charge in [0.15, 0.2) is 5.82 Å². The largest absolute Gasteiger partial charge is 0.312 e. The molecule has 3 heterocycles. The van der Waals surface area contributed by atoms with Crippen LogP contribution in [0.4, 0.5) is 0 Å². The summed E-state index contributed by atoms with van der Waals surface area (Å²) in [5.41, 5.74) is 0.766. The van der Waals surface area contributed by atoms with Crippen LogP contribution in [-0.2, 0) is 7.05 Å². The highest BCUT2D eigenvalue weighted by Crippen LogP contribution is 2.15. The summed E-state index contributed by atoms with van der Waals surface area (Å²) < 4.78 is 3.56. The van der Waals surface area contributed by atoms with Crippen molar-refractivity contribution in [2.75, 3.05) is 13.1 Å². The van der Waals surface area contributed by atoms with Crippen LogP contribution in [0.2, 0.25) is 0 Å². The summed E-state index contributed by atoms with van der Waals surface area (Å²) in [6, 6.07) is 0.430. The minimum atomic E-state index is 0.430. The van der Waals surface area contributed by atoms with Gasteiger partial charge >= 0.3 is 0 Å². The Kier molecular flexibility index (Phi) is 1.78. The average molecular weight is 205 g/mol. The van der Waals surface area contributed by atoms with Crippen LogP contribution >= 0.6 is 0 Å². The number of nitrogens with one attached hydrogen (secondary N) is 1. The van der Waals surface area contributed by atoms with Gasteiger partial charge in [0.1, 0.15) is 12.0 Å². The highest BCUT2D eigenvalue weighted by atomic mass is 15.5. The van der Waals surface area contributed by atoms with Crippen LogP contribution in [0.1, 0.15) is 6.04 Å². The fraction of sp³-hybridized carbons (Fsp3) is 0.500. The van der Waals surface area contributed by atoms with Gasteiger partial charge in [0.2, 0.25) is 0 Å². The first-order chi connectivity index (χ1) is 7.34. The molecule has 7 heteroatoms. The van der Waals surface area contributed by atoms with Gasteiger partial charge in [-0.15, -0.1) is 5.10 Å². The van der Waals surface area contributed by atoms with E-state index in [1.165, 1.54) is 6.33 Å². The van der Waals surface area contributed by atoms with E-state index in [4.69, 9.17) is 0 Å². The smallest absolute Gasteiger partial charge is 0.180 e. The summed E-state index contributed by atoms with van der Waals surface area (Å²) in [7, 11) is 1.84. The number of nitrogens with zero attached hydrogens (tertiary/aromatic N) is 6. The molecular formula is C8H11N7. The second-order valence-electron chi connectivity index (χ2n) is 3.60. The van der Waals surface area contributed by atoms with Crippen molar-refractivity contribution >= 4 is 0 Å². The third kappa shape index (κ3) is 1.32. The van der Waals surface area contributed by atoms with Crippen LogP contribution in [0.5, 0.6) is 0 Å². The van der Waals surface area contributed by atoms with Crippen molar-refractivity contribution < 1.29 is 0 Å². The third-order valence-corrected chi connectivity index (χ3v) is 2.58. The maximum absolute atomic E-state index is 4.12. The molecule has 0 unspecified atom stereocenters. The Bertz CT molecular complexity index is 467. The van der Waals surface area contributed by atoms with Crippen LogP contribution in [0, 0.1) is 0 Å². The van der Waals surface area contributed by atoms with E-state index in [0.717, 1.165) is 24.6 Å². The van der Waals surface area contributed by atoms with E-state index in [-0.39, 0.29) is 0 Å². The summed E-state index contributed by atoms with van der Waals surface area (Å²) >= 11 is 0. The summed E-state index contributed by atoms with van der Waals surface area (Å²) in [6.45, 7) is 1.92. The molecule has 3 rings (SSSR count). The second kappa shape index (κ2) is 3.13.